The lowest BCUT2D eigenvalue weighted by atomic mass is 10.0. The van der Waals surface area contributed by atoms with Gasteiger partial charge < -0.3 is 10.6 Å². The molecule has 0 fully saturated rings. The van der Waals surface area contributed by atoms with Crippen LogP contribution in [-0.2, 0) is 4.79 Å². The lowest BCUT2D eigenvalue weighted by Crippen LogP contribution is -2.47. The van der Waals surface area contributed by atoms with Gasteiger partial charge in [-0.05, 0) is 43.2 Å². The Morgan fingerprint density at radius 3 is 2.36 bits per heavy atom. The standard InChI is InChI=1S/C20H21N3O2/c1-13(2)18(23-19(24)16-9-7-14(3)8-10-16)20(25)22-17-6-4-5-15(11-17)12-21/h4-11,13,18H,1-3H3,(H,22,25)(H,23,24). The SMILES string of the molecule is Cc1ccc(C(=O)NC(C(=O)Nc2cccc(C#N)c2)C(C)C)cc1. The lowest BCUT2D eigenvalue weighted by molar-refractivity contribution is -0.118. The number of benzene rings is 2. The minimum Gasteiger partial charge on any atom is -0.340 e. The van der Waals surface area contributed by atoms with E-state index < -0.39 is 6.04 Å². The van der Waals surface area contributed by atoms with Crippen LogP contribution in [0.2, 0.25) is 0 Å². The van der Waals surface area contributed by atoms with Gasteiger partial charge in [-0.1, -0.05) is 37.6 Å². The molecule has 0 spiro atoms. The van der Waals surface area contributed by atoms with Crippen molar-refractivity contribution in [3.05, 3.63) is 65.2 Å². The monoisotopic (exact) mass is 335 g/mol. The predicted molar refractivity (Wildman–Crippen MR) is 97.1 cm³/mol. The third-order valence-corrected chi connectivity index (χ3v) is 3.81. The van der Waals surface area contributed by atoms with Gasteiger partial charge in [0.05, 0.1) is 11.6 Å². The normalized spacial score (nSPS) is 11.5. The highest BCUT2D eigenvalue weighted by molar-refractivity contribution is 6.01. The maximum absolute atomic E-state index is 12.6. The summed E-state index contributed by atoms with van der Waals surface area (Å²) in [6.45, 7) is 5.68. The van der Waals surface area contributed by atoms with E-state index in [9.17, 15) is 9.59 Å². The van der Waals surface area contributed by atoms with Crippen LogP contribution < -0.4 is 10.6 Å². The highest BCUT2D eigenvalue weighted by Gasteiger charge is 2.24. The third-order valence-electron chi connectivity index (χ3n) is 3.81. The fourth-order valence-electron chi connectivity index (χ4n) is 2.35. The zero-order valence-electron chi connectivity index (χ0n) is 14.5. The van der Waals surface area contributed by atoms with Crippen LogP contribution in [0.25, 0.3) is 0 Å². The van der Waals surface area contributed by atoms with Crippen LogP contribution in [0.4, 0.5) is 5.69 Å². The van der Waals surface area contributed by atoms with Gasteiger partial charge in [0.1, 0.15) is 6.04 Å². The average molecular weight is 335 g/mol. The van der Waals surface area contributed by atoms with Crippen LogP contribution in [-0.4, -0.2) is 17.9 Å². The van der Waals surface area contributed by atoms with Crippen LogP contribution in [0.1, 0.15) is 35.3 Å². The van der Waals surface area contributed by atoms with Crippen molar-refractivity contribution in [3.63, 3.8) is 0 Å². The molecule has 0 aliphatic rings. The first-order valence-corrected chi connectivity index (χ1v) is 8.09. The van der Waals surface area contributed by atoms with Crippen molar-refractivity contribution in [3.8, 4) is 6.07 Å². The quantitative estimate of drug-likeness (QED) is 0.880. The summed E-state index contributed by atoms with van der Waals surface area (Å²) < 4.78 is 0. The van der Waals surface area contributed by atoms with Gasteiger partial charge in [-0.2, -0.15) is 5.26 Å². The molecule has 2 amide bonds. The first-order chi connectivity index (χ1) is 11.9. The first-order valence-electron chi connectivity index (χ1n) is 8.09. The van der Waals surface area contributed by atoms with Crippen LogP contribution in [0, 0.1) is 24.2 Å². The number of hydrogen-bond acceptors (Lipinski definition) is 3. The third kappa shape index (κ3) is 4.92. The number of carbonyl (C=O) groups excluding carboxylic acids is 2. The van der Waals surface area contributed by atoms with Gasteiger partial charge in [-0.15, -0.1) is 0 Å². The van der Waals surface area contributed by atoms with Gasteiger partial charge in [0.25, 0.3) is 5.91 Å². The molecule has 5 heteroatoms. The van der Waals surface area contributed by atoms with Gasteiger partial charge in [0, 0.05) is 11.3 Å². The van der Waals surface area contributed by atoms with Crippen molar-refractivity contribution in [2.24, 2.45) is 5.92 Å². The van der Waals surface area contributed by atoms with Crippen LogP contribution in [0.3, 0.4) is 0 Å². The van der Waals surface area contributed by atoms with Gasteiger partial charge in [0.2, 0.25) is 5.91 Å². The number of nitrogens with zero attached hydrogens (tertiary/aromatic N) is 1. The second-order valence-electron chi connectivity index (χ2n) is 6.24. The van der Waals surface area contributed by atoms with E-state index in [4.69, 9.17) is 5.26 Å². The summed E-state index contributed by atoms with van der Waals surface area (Å²) in [6, 6.07) is 15.2. The Labute approximate surface area is 147 Å². The second-order valence-corrected chi connectivity index (χ2v) is 6.24. The molecule has 2 aromatic rings. The molecule has 25 heavy (non-hydrogen) atoms. The molecule has 0 aliphatic carbocycles. The summed E-state index contributed by atoms with van der Waals surface area (Å²) in [4.78, 5) is 25.0. The van der Waals surface area contributed by atoms with Gasteiger partial charge in [-0.25, -0.2) is 0 Å². The Kier molecular flexibility index (Phi) is 5.91. The summed E-state index contributed by atoms with van der Waals surface area (Å²) in [5.41, 5.74) is 2.56. The highest BCUT2D eigenvalue weighted by atomic mass is 16.2. The van der Waals surface area contributed by atoms with E-state index in [1.807, 2.05) is 39.0 Å². The minimum absolute atomic E-state index is 0.0893. The smallest absolute Gasteiger partial charge is 0.251 e. The van der Waals surface area contributed by atoms with Crippen molar-refractivity contribution in [2.75, 3.05) is 5.32 Å². The molecule has 0 aromatic heterocycles. The summed E-state index contributed by atoms with van der Waals surface area (Å²) in [5.74, 6) is -0.696. The Bertz CT molecular complexity index is 804. The van der Waals surface area contributed by atoms with Crippen LogP contribution in [0.15, 0.2) is 48.5 Å². The maximum Gasteiger partial charge on any atom is 0.251 e. The topological polar surface area (TPSA) is 82.0 Å². The average Bonchev–Trinajstić information content (AvgIpc) is 2.59. The summed E-state index contributed by atoms with van der Waals surface area (Å²) >= 11 is 0. The van der Waals surface area contributed by atoms with Crippen molar-refractivity contribution >= 4 is 17.5 Å². The highest BCUT2D eigenvalue weighted by Crippen LogP contribution is 2.13. The molecular formula is C20H21N3O2. The van der Waals surface area contributed by atoms with Crippen molar-refractivity contribution < 1.29 is 9.59 Å². The fourth-order valence-corrected chi connectivity index (χ4v) is 2.35. The second kappa shape index (κ2) is 8.11. The number of nitrogens with one attached hydrogen (secondary N) is 2. The first kappa shape index (κ1) is 18.2. The Hall–Kier alpha value is -3.13. The molecule has 2 aromatic carbocycles. The van der Waals surface area contributed by atoms with Gasteiger partial charge in [0.15, 0.2) is 0 Å². The van der Waals surface area contributed by atoms with Crippen LogP contribution >= 0.6 is 0 Å². The number of anilines is 1. The Morgan fingerprint density at radius 1 is 1.08 bits per heavy atom. The molecule has 0 heterocycles. The largest absolute Gasteiger partial charge is 0.340 e. The molecule has 0 aliphatic heterocycles. The molecule has 5 nitrogen and oxygen atoms in total. The summed E-state index contributed by atoms with van der Waals surface area (Å²) in [7, 11) is 0. The summed E-state index contributed by atoms with van der Waals surface area (Å²) in [5, 5.41) is 14.5. The number of amides is 2. The summed E-state index contributed by atoms with van der Waals surface area (Å²) in [6.07, 6.45) is 0. The van der Waals surface area contributed by atoms with Gasteiger partial charge in [-0.3, -0.25) is 9.59 Å². The Morgan fingerprint density at radius 2 is 1.76 bits per heavy atom. The van der Waals surface area contributed by atoms with Crippen molar-refractivity contribution in [2.45, 2.75) is 26.8 Å². The van der Waals surface area contributed by atoms with Crippen LogP contribution in [0.5, 0.6) is 0 Å². The number of rotatable bonds is 5. The number of nitriles is 1. The van der Waals surface area contributed by atoms with E-state index in [-0.39, 0.29) is 17.7 Å². The number of carbonyl (C=O) groups is 2. The van der Waals surface area contributed by atoms with Gasteiger partial charge >= 0.3 is 0 Å². The van der Waals surface area contributed by atoms with E-state index in [0.717, 1.165) is 5.56 Å². The molecule has 128 valence electrons. The molecular weight excluding hydrogens is 314 g/mol. The zero-order valence-corrected chi connectivity index (χ0v) is 14.5. The van der Waals surface area contributed by atoms with Crippen molar-refractivity contribution in [1.82, 2.24) is 5.32 Å². The fraction of sp³-hybridized carbons (Fsp3) is 0.250. The maximum atomic E-state index is 12.6. The minimum atomic E-state index is -0.681. The Balaban J connectivity index is 2.11. The number of hydrogen-bond donors (Lipinski definition) is 2. The van der Waals surface area contributed by atoms with E-state index in [1.54, 1.807) is 36.4 Å². The number of aryl methyl sites for hydroxylation is 1. The predicted octanol–water partition coefficient (Wildman–Crippen LogP) is 3.26. The molecule has 2 rings (SSSR count). The van der Waals surface area contributed by atoms with Crippen molar-refractivity contribution in [1.29, 1.82) is 5.26 Å². The molecule has 2 N–H and O–H groups in total. The zero-order chi connectivity index (χ0) is 18.4. The molecule has 0 radical (unpaired) electrons. The molecule has 1 atom stereocenters. The van der Waals surface area contributed by atoms with E-state index in [0.29, 0.717) is 16.8 Å². The molecule has 0 bridgehead atoms. The van der Waals surface area contributed by atoms with E-state index in [1.165, 1.54) is 0 Å². The molecule has 1 unspecified atom stereocenters. The molecule has 0 saturated heterocycles. The van der Waals surface area contributed by atoms with E-state index >= 15 is 0 Å². The molecule has 0 saturated carbocycles. The lowest BCUT2D eigenvalue weighted by Gasteiger charge is -2.22. The van der Waals surface area contributed by atoms with E-state index in [2.05, 4.69) is 10.6 Å².